The van der Waals surface area contributed by atoms with Crippen molar-refractivity contribution in [1.29, 1.82) is 0 Å². The Kier molecular flexibility index (Phi) is 3.38. The third-order valence-electron chi connectivity index (χ3n) is 4.20. The van der Waals surface area contributed by atoms with Crippen LogP contribution in [0.1, 0.15) is 24.8 Å². The molecule has 1 saturated heterocycles. The second kappa shape index (κ2) is 5.00. The summed E-state index contributed by atoms with van der Waals surface area (Å²) in [5, 5.41) is 0. The number of ether oxygens (including phenoxy) is 1. The Morgan fingerprint density at radius 3 is 2.64 bits per heavy atom. The summed E-state index contributed by atoms with van der Waals surface area (Å²) in [6.07, 6.45) is -3.75. The highest BCUT2D eigenvalue weighted by Crippen LogP contribution is 2.40. The van der Waals surface area contributed by atoms with Crippen LogP contribution in [0.4, 0.5) is 13.2 Å². The van der Waals surface area contributed by atoms with E-state index in [1.54, 1.807) is 6.07 Å². The first-order valence-electron chi connectivity index (χ1n) is 6.99. The molecular formula is C15H14F3NO3. The van der Waals surface area contributed by atoms with Crippen LogP contribution >= 0.6 is 0 Å². The van der Waals surface area contributed by atoms with Crippen LogP contribution in [0.15, 0.2) is 24.3 Å². The molecule has 0 radical (unpaired) electrons. The Morgan fingerprint density at radius 1 is 1.23 bits per heavy atom. The number of aryl methyl sites for hydroxylation is 1. The van der Waals surface area contributed by atoms with Crippen LogP contribution in [0.2, 0.25) is 0 Å². The molecule has 0 bridgehead atoms. The first kappa shape index (κ1) is 14.9. The molecular weight excluding hydrogens is 299 g/mol. The highest BCUT2D eigenvalue weighted by molar-refractivity contribution is 5.98. The Bertz CT molecular complexity index is 629. The maximum absolute atomic E-state index is 12.5. The Labute approximate surface area is 124 Å². The second-order valence-corrected chi connectivity index (χ2v) is 5.67. The lowest BCUT2D eigenvalue weighted by Gasteiger charge is -2.43. The maximum atomic E-state index is 12.5. The summed E-state index contributed by atoms with van der Waals surface area (Å²) < 4.78 is 43.3. The minimum absolute atomic E-state index is 0.205. The largest absolute Gasteiger partial charge is 0.486 e. The molecule has 0 N–H and O–H groups in total. The number of benzene rings is 1. The SMILES string of the molecule is O=C1CC2(CCc3ccccc3O2)CCN1C(=O)C(F)(F)F. The predicted molar refractivity (Wildman–Crippen MR) is 70.1 cm³/mol. The lowest BCUT2D eigenvalue weighted by atomic mass is 9.82. The minimum Gasteiger partial charge on any atom is -0.486 e. The van der Waals surface area contributed by atoms with Crippen molar-refractivity contribution in [3.05, 3.63) is 29.8 Å². The van der Waals surface area contributed by atoms with Gasteiger partial charge in [-0.05, 0) is 24.5 Å². The van der Waals surface area contributed by atoms with Gasteiger partial charge in [-0.25, -0.2) is 0 Å². The van der Waals surface area contributed by atoms with E-state index in [1.165, 1.54) is 0 Å². The molecule has 0 aromatic heterocycles. The molecule has 1 unspecified atom stereocenters. The van der Waals surface area contributed by atoms with Crippen molar-refractivity contribution in [1.82, 2.24) is 4.90 Å². The number of para-hydroxylation sites is 1. The van der Waals surface area contributed by atoms with Crippen LogP contribution in [-0.4, -0.2) is 35.0 Å². The number of nitrogens with zero attached hydrogens (tertiary/aromatic N) is 1. The fourth-order valence-corrected chi connectivity index (χ4v) is 3.02. The summed E-state index contributed by atoms with van der Waals surface area (Å²) in [4.78, 5) is 23.5. The van der Waals surface area contributed by atoms with E-state index in [1.807, 2.05) is 18.2 Å². The van der Waals surface area contributed by atoms with Gasteiger partial charge in [0.2, 0.25) is 5.91 Å². The van der Waals surface area contributed by atoms with E-state index >= 15 is 0 Å². The van der Waals surface area contributed by atoms with Crippen molar-refractivity contribution >= 4 is 11.8 Å². The van der Waals surface area contributed by atoms with Crippen molar-refractivity contribution in [3.63, 3.8) is 0 Å². The quantitative estimate of drug-likeness (QED) is 0.739. The average Bonchev–Trinajstić information content (AvgIpc) is 2.46. The number of amides is 2. The van der Waals surface area contributed by atoms with Crippen LogP contribution in [0.5, 0.6) is 5.75 Å². The van der Waals surface area contributed by atoms with Gasteiger partial charge in [-0.15, -0.1) is 0 Å². The highest BCUT2D eigenvalue weighted by Gasteiger charge is 2.50. The second-order valence-electron chi connectivity index (χ2n) is 5.67. The third-order valence-corrected chi connectivity index (χ3v) is 4.20. The van der Waals surface area contributed by atoms with Crippen LogP contribution in [0.25, 0.3) is 0 Å². The number of rotatable bonds is 0. The zero-order valence-electron chi connectivity index (χ0n) is 11.7. The van der Waals surface area contributed by atoms with Gasteiger partial charge < -0.3 is 4.74 Å². The summed E-state index contributed by atoms with van der Waals surface area (Å²) in [7, 11) is 0. The average molecular weight is 313 g/mol. The fourth-order valence-electron chi connectivity index (χ4n) is 3.02. The summed E-state index contributed by atoms with van der Waals surface area (Å²) >= 11 is 0. The number of alkyl halides is 3. The van der Waals surface area contributed by atoms with E-state index < -0.39 is 23.6 Å². The lowest BCUT2D eigenvalue weighted by Crippen LogP contribution is -2.56. The molecule has 118 valence electrons. The van der Waals surface area contributed by atoms with E-state index in [-0.39, 0.29) is 24.3 Å². The van der Waals surface area contributed by atoms with E-state index in [9.17, 15) is 22.8 Å². The van der Waals surface area contributed by atoms with Crippen LogP contribution in [0.3, 0.4) is 0 Å². The van der Waals surface area contributed by atoms with Gasteiger partial charge in [-0.3, -0.25) is 14.5 Å². The summed E-state index contributed by atoms with van der Waals surface area (Å²) in [5.41, 5.74) is 0.225. The van der Waals surface area contributed by atoms with Gasteiger partial charge in [0.05, 0.1) is 6.42 Å². The Hall–Kier alpha value is -2.05. The van der Waals surface area contributed by atoms with Crippen LogP contribution in [-0.2, 0) is 16.0 Å². The molecule has 0 aliphatic carbocycles. The molecule has 1 aromatic rings. The van der Waals surface area contributed by atoms with E-state index in [4.69, 9.17) is 4.74 Å². The number of hydrogen-bond donors (Lipinski definition) is 0. The topological polar surface area (TPSA) is 46.6 Å². The molecule has 3 rings (SSSR count). The summed E-state index contributed by atoms with van der Waals surface area (Å²) in [6.45, 7) is -0.265. The Balaban J connectivity index is 1.76. The zero-order chi connectivity index (χ0) is 16.0. The molecule has 4 nitrogen and oxygen atoms in total. The molecule has 0 saturated carbocycles. The van der Waals surface area contributed by atoms with Gasteiger partial charge in [-0.2, -0.15) is 13.2 Å². The fraction of sp³-hybridized carbons (Fsp3) is 0.467. The molecule has 7 heteroatoms. The molecule has 1 spiro atoms. The standard InChI is InChI=1S/C15H14F3NO3/c16-15(17,18)13(21)19-8-7-14(9-12(19)20)6-5-10-3-1-2-4-11(10)22-14/h1-4H,5-9H2. The number of likely N-dealkylation sites (tertiary alicyclic amines) is 1. The molecule has 2 aliphatic rings. The zero-order valence-corrected chi connectivity index (χ0v) is 11.7. The van der Waals surface area contributed by atoms with Crippen molar-refractivity contribution < 1.29 is 27.5 Å². The molecule has 2 aliphatic heterocycles. The number of halogens is 3. The smallest absolute Gasteiger partial charge is 0.471 e. The molecule has 22 heavy (non-hydrogen) atoms. The Morgan fingerprint density at radius 2 is 1.95 bits per heavy atom. The normalized spacial score (nSPS) is 24.9. The van der Waals surface area contributed by atoms with Gasteiger partial charge in [0.15, 0.2) is 0 Å². The van der Waals surface area contributed by atoms with E-state index in [0.717, 1.165) is 5.56 Å². The van der Waals surface area contributed by atoms with Crippen molar-refractivity contribution in [3.8, 4) is 5.75 Å². The number of piperidine rings is 1. The van der Waals surface area contributed by atoms with Gasteiger partial charge in [0, 0.05) is 13.0 Å². The number of hydrogen-bond acceptors (Lipinski definition) is 3. The van der Waals surface area contributed by atoms with Crippen LogP contribution in [0, 0.1) is 0 Å². The first-order chi connectivity index (χ1) is 10.3. The third kappa shape index (κ3) is 2.55. The predicted octanol–water partition coefficient (Wildman–Crippen LogP) is 2.46. The molecule has 1 fully saturated rings. The number of carbonyl (C=O) groups is 2. The lowest BCUT2D eigenvalue weighted by molar-refractivity contribution is -0.191. The molecule has 1 atom stereocenters. The van der Waals surface area contributed by atoms with Gasteiger partial charge in [0.25, 0.3) is 0 Å². The molecule has 1 aromatic carbocycles. The van der Waals surface area contributed by atoms with Gasteiger partial charge >= 0.3 is 12.1 Å². The van der Waals surface area contributed by atoms with Crippen molar-refractivity contribution in [2.75, 3.05) is 6.54 Å². The first-order valence-corrected chi connectivity index (χ1v) is 6.99. The summed E-state index contributed by atoms with van der Waals surface area (Å²) in [5.74, 6) is -2.26. The van der Waals surface area contributed by atoms with Gasteiger partial charge in [0.1, 0.15) is 11.4 Å². The number of carbonyl (C=O) groups excluding carboxylic acids is 2. The number of fused-ring (bicyclic) bond motifs is 1. The highest BCUT2D eigenvalue weighted by atomic mass is 19.4. The monoisotopic (exact) mass is 313 g/mol. The van der Waals surface area contributed by atoms with Gasteiger partial charge in [-0.1, -0.05) is 18.2 Å². The van der Waals surface area contributed by atoms with Crippen molar-refractivity contribution in [2.24, 2.45) is 0 Å². The van der Waals surface area contributed by atoms with E-state index in [2.05, 4.69) is 0 Å². The maximum Gasteiger partial charge on any atom is 0.471 e. The van der Waals surface area contributed by atoms with Crippen LogP contribution < -0.4 is 4.74 Å². The molecule has 2 heterocycles. The van der Waals surface area contributed by atoms with Crippen molar-refractivity contribution in [2.45, 2.75) is 37.5 Å². The molecule has 2 amide bonds. The minimum atomic E-state index is -5.03. The number of imide groups is 1. The van der Waals surface area contributed by atoms with E-state index in [0.29, 0.717) is 18.6 Å². The summed E-state index contributed by atoms with van der Waals surface area (Å²) in [6, 6.07) is 7.40.